The van der Waals surface area contributed by atoms with Crippen LogP contribution in [0.2, 0.25) is 0 Å². The van der Waals surface area contributed by atoms with Crippen molar-refractivity contribution in [3.63, 3.8) is 0 Å². The molecule has 158 valence electrons. The first kappa shape index (κ1) is 23.2. The van der Waals surface area contributed by atoms with Crippen molar-refractivity contribution in [1.29, 1.82) is 0 Å². The number of non-ortho nitro benzene ring substituents is 1. The molecule has 0 aliphatic carbocycles. The Morgan fingerprint density at radius 2 is 1.80 bits per heavy atom. The topological polar surface area (TPSA) is 123 Å². The lowest BCUT2D eigenvalue weighted by atomic mass is 10.2. The van der Waals surface area contributed by atoms with Gasteiger partial charge in [0.05, 0.1) is 17.1 Å². The van der Waals surface area contributed by atoms with Gasteiger partial charge in [-0.2, -0.15) is 0 Å². The van der Waals surface area contributed by atoms with Gasteiger partial charge in [0.2, 0.25) is 0 Å². The van der Waals surface area contributed by atoms with E-state index >= 15 is 0 Å². The number of nitro benzene ring substituents is 1. The second kappa shape index (κ2) is 10.6. The highest BCUT2D eigenvalue weighted by Gasteiger charge is 2.16. The van der Waals surface area contributed by atoms with Crippen LogP contribution in [0.15, 0.2) is 46.9 Å². The van der Waals surface area contributed by atoms with Crippen molar-refractivity contribution in [2.75, 3.05) is 6.61 Å². The van der Waals surface area contributed by atoms with Gasteiger partial charge in [0, 0.05) is 22.2 Å². The van der Waals surface area contributed by atoms with Gasteiger partial charge in [0.15, 0.2) is 5.11 Å². The second-order valence-electron chi connectivity index (χ2n) is 6.51. The normalized spacial score (nSPS) is 10.3. The quantitative estimate of drug-likeness (QED) is 0.319. The number of rotatable bonds is 6. The molecule has 0 heterocycles. The number of halogens is 1. The lowest BCUT2D eigenvalue weighted by Gasteiger charge is -2.15. The molecule has 9 nitrogen and oxygen atoms in total. The minimum Gasteiger partial charge on any atom is -0.492 e. The summed E-state index contributed by atoms with van der Waals surface area (Å²) in [6.45, 7) is 4.42. The molecule has 2 rings (SSSR count). The minimum atomic E-state index is -0.579. The summed E-state index contributed by atoms with van der Waals surface area (Å²) in [5.74, 6) is -0.411. The fourth-order valence-corrected chi connectivity index (χ4v) is 2.69. The smallest absolute Gasteiger partial charge is 0.269 e. The molecule has 0 saturated carbocycles. The van der Waals surface area contributed by atoms with E-state index in [0.29, 0.717) is 16.8 Å². The standard InChI is InChI=1S/C19H19BrN4O5S/c1-11(2)10-29-16-8-5-13(20)9-15(16)18(26)21-19(30)23-22-17(25)12-3-6-14(7-4-12)24(27)28/h3-9,11H,10H2,1-2H3,(H,22,25)(H2,21,23,26,30). The number of thiocarbonyl (C=S) groups is 1. The molecule has 0 radical (unpaired) electrons. The Morgan fingerprint density at radius 3 is 2.40 bits per heavy atom. The lowest BCUT2D eigenvalue weighted by Crippen LogP contribution is -2.48. The zero-order valence-corrected chi connectivity index (χ0v) is 18.5. The van der Waals surface area contributed by atoms with E-state index in [-0.39, 0.29) is 27.8 Å². The highest BCUT2D eigenvalue weighted by Crippen LogP contribution is 2.23. The first-order valence-corrected chi connectivity index (χ1v) is 9.96. The van der Waals surface area contributed by atoms with Crippen molar-refractivity contribution in [2.24, 2.45) is 5.92 Å². The molecule has 3 N–H and O–H groups in total. The highest BCUT2D eigenvalue weighted by atomic mass is 79.9. The molecule has 0 unspecified atom stereocenters. The molecular formula is C19H19BrN4O5S. The monoisotopic (exact) mass is 494 g/mol. The third kappa shape index (κ3) is 6.78. The van der Waals surface area contributed by atoms with Gasteiger partial charge in [0.25, 0.3) is 17.5 Å². The van der Waals surface area contributed by atoms with Crippen molar-refractivity contribution >= 4 is 50.8 Å². The summed E-state index contributed by atoms with van der Waals surface area (Å²) in [4.78, 5) is 34.8. The molecule has 2 aromatic carbocycles. The second-order valence-corrected chi connectivity index (χ2v) is 7.84. The van der Waals surface area contributed by atoms with Crippen molar-refractivity contribution in [3.05, 3.63) is 68.2 Å². The predicted molar refractivity (Wildman–Crippen MR) is 118 cm³/mol. The molecule has 2 aromatic rings. The molecule has 0 bridgehead atoms. The SMILES string of the molecule is CC(C)COc1ccc(Br)cc1C(=O)NC(=S)NNC(=O)c1ccc([N+](=O)[O-])cc1. The van der Waals surface area contributed by atoms with Gasteiger partial charge >= 0.3 is 0 Å². The first-order chi connectivity index (χ1) is 14.2. The van der Waals surface area contributed by atoms with Crippen LogP contribution in [0, 0.1) is 16.0 Å². The van der Waals surface area contributed by atoms with Crippen LogP contribution in [0.1, 0.15) is 34.6 Å². The number of nitrogens with one attached hydrogen (secondary N) is 3. The first-order valence-electron chi connectivity index (χ1n) is 8.76. The van der Waals surface area contributed by atoms with Crippen molar-refractivity contribution < 1.29 is 19.2 Å². The van der Waals surface area contributed by atoms with Crippen LogP contribution in [0.5, 0.6) is 5.75 Å². The number of carbonyl (C=O) groups excluding carboxylic acids is 2. The number of nitrogens with zero attached hydrogens (tertiary/aromatic N) is 1. The molecule has 30 heavy (non-hydrogen) atoms. The largest absolute Gasteiger partial charge is 0.492 e. The fraction of sp³-hybridized carbons (Fsp3) is 0.211. The number of carbonyl (C=O) groups is 2. The van der Waals surface area contributed by atoms with Crippen LogP contribution in [-0.2, 0) is 0 Å². The van der Waals surface area contributed by atoms with Crippen LogP contribution in [0.3, 0.4) is 0 Å². The van der Waals surface area contributed by atoms with Crippen LogP contribution >= 0.6 is 28.1 Å². The van der Waals surface area contributed by atoms with Gasteiger partial charge in [-0.15, -0.1) is 0 Å². The molecule has 0 aromatic heterocycles. The summed E-state index contributed by atoms with van der Waals surface area (Å²) >= 11 is 8.35. The molecular weight excluding hydrogens is 476 g/mol. The Hall–Kier alpha value is -3.05. The number of benzene rings is 2. The predicted octanol–water partition coefficient (Wildman–Crippen LogP) is 3.34. The highest BCUT2D eigenvalue weighted by molar-refractivity contribution is 9.10. The van der Waals surface area contributed by atoms with Crippen molar-refractivity contribution in [1.82, 2.24) is 16.2 Å². The Balaban J connectivity index is 1.96. The number of hydrogen-bond donors (Lipinski definition) is 3. The minimum absolute atomic E-state index is 0.133. The third-order valence-corrected chi connectivity index (χ3v) is 4.31. The number of amides is 2. The Kier molecular flexibility index (Phi) is 8.25. The summed E-state index contributed by atoms with van der Waals surface area (Å²) in [5, 5.41) is 13.0. The number of hydrogen-bond acceptors (Lipinski definition) is 6. The maximum Gasteiger partial charge on any atom is 0.269 e. The number of hydrazine groups is 1. The average molecular weight is 495 g/mol. The van der Waals surface area contributed by atoms with E-state index in [1.54, 1.807) is 18.2 Å². The van der Waals surface area contributed by atoms with Crippen LogP contribution in [-0.4, -0.2) is 28.5 Å². The van der Waals surface area contributed by atoms with Gasteiger partial charge in [0.1, 0.15) is 5.75 Å². The van der Waals surface area contributed by atoms with Gasteiger partial charge in [-0.25, -0.2) is 0 Å². The Labute approximate surface area is 186 Å². The van der Waals surface area contributed by atoms with Gasteiger partial charge in [-0.3, -0.25) is 35.9 Å². The zero-order valence-electron chi connectivity index (χ0n) is 16.1. The van der Waals surface area contributed by atoms with Crippen LogP contribution < -0.4 is 20.9 Å². The molecule has 0 spiro atoms. The van der Waals surface area contributed by atoms with E-state index in [2.05, 4.69) is 32.1 Å². The van der Waals surface area contributed by atoms with E-state index in [1.807, 2.05) is 13.8 Å². The average Bonchev–Trinajstić information content (AvgIpc) is 2.70. The zero-order chi connectivity index (χ0) is 22.3. The molecule has 0 aliphatic heterocycles. The number of nitro groups is 1. The summed E-state index contributed by atoms with van der Waals surface area (Å²) in [6, 6.07) is 10.1. The fourth-order valence-electron chi connectivity index (χ4n) is 2.18. The van der Waals surface area contributed by atoms with E-state index in [0.717, 1.165) is 0 Å². The van der Waals surface area contributed by atoms with Crippen molar-refractivity contribution in [3.8, 4) is 5.75 Å². The van der Waals surface area contributed by atoms with Crippen LogP contribution in [0.25, 0.3) is 0 Å². The number of ether oxygens (including phenoxy) is 1. The van der Waals surface area contributed by atoms with Gasteiger partial charge in [-0.1, -0.05) is 29.8 Å². The third-order valence-electron chi connectivity index (χ3n) is 3.62. The van der Waals surface area contributed by atoms with E-state index in [4.69, 9.17) is 17.0 Å². The van der Waals surface area contributed by atoms with Gasteiger partial charge in [-0.05, 0) is 48.5 Å². The molecule has 0 atom stereocenters. The summed E-state index contributed by atoms with van der Waals surface area (Å²) in [6.07, 6.45) is 0. The Bertz CT molecular complexity index is 966. The molecule has 11 heteroatoms. The molecule has 2 amide bonds. The molecule has 0 aliphatic rings. The molecule has 0 saturated heterocycles. The van der Waals surface area contributed by atoms with Gasteiger partial charge < -0.3 is 4.74 Å². The van der Waals surface area contributed by atoms with E-state index < -0.39 is 16.7 Å². The maximum atomic E-state index is 12.6. The summed E-state index contributed by atoms with van der Waals surface area (Å²) in [5.41, 5.74) is 5.05. The maximum absolute atomic E-state index is 12.6. The summed E-state index contributed by atoms with van der Waals surface area (Å²) < 4.78 is 6.37. The summed E-state index contributed by atoms with van der Waals surface area (Å²) in [7, 11) is 0. The molecule has 0 fully saturated rings. The van der Waals surface area contributed by atoms with Crippen molar-refractivity contribution in [2.45, 2.75) is 13.8 Å². The lowest BCUT2D eigenvalue weighted by molar-refractivity contribution is -0.384. The van der Waals surface area contributed by atoms with E-state index in [9.17, 15) is 19.7 Å². The Morgan fingerprint density at radius 1 is 1.13 bits per heavy atom. The van der Waals surface area contributed by atoms with Crippen LogP contribution in [0.4, 0.5) is 5.69 Å². The van der Waals surface area contributed by atoms with E-state index in [1.165, 1.54) is 24.3 Å².